The molecular formula is C19H23ClFN3O2. The third-order valence-corrected chi connectivity index (χ3v) is 4.73. The molecule has 0 atom stereocenters. The summed E-state index contributed by atoms with van der Waals surface area (Å²) in [4.78, 5) is 18.3. The van der Waals surface area contributed by atoms with Crippen LogP contribution in [0.4, 0.5) is 9.18 Å². The van der Waals surface area contributed by atoms with E-state index in [1.54, 1.807) is 27.9 Å². The first-order chi connectivity index (χ1) is 12.2. The van der Waals surface area contributed by atoms with Gasteiger partial charge in [-0.1, -0.05) is 17.7 Å². The summed E-state index contributed by atoms with van der Waals surface area (Å²) in [6.45, 7) is 6.77. The average molecular weight is 380 g/mol. The fourth-order valence-electron chi connectivity index (χ4n) is 3.09. The largest absolute Gasteiger partial charge is 0.444 e. The molecular weight excluding hydrogens is 357 g/mol. The maximum absolute atomic E-state index is 13.5. The zero-order valence-corrected chi connectivity index (χ0v) is 16.0. The number of nitrogens with zero attached hydrogens (tertiary/aromatic N) is 3. The zero-order valence-electron chi connectivity index (χ0n) is 15.2. The lowest BCUT2D eigenvalue weighted by Crippen LogP contribution is -2.41. The number of likely N-dealkylation sites (tertiary alicyclic amines) is 1. The first kappa shape index (κ1) is 18.7. The standard InChI is InChI=1S/C19H23ClFN3O2/c1-19(2,3)26-18(25)23-9-7-13(8-10-23)16-17(20)24(12-22-16)15-6-4-5-14(21)11-15/h4-6,11-13H,7-10H2,1-3H3. The number of piperidine rings is 1. The summed E-state index contributed by atoms with van der Waals surface area (Å²) in [5, 5.41) is 0.492. The van der Waals surface area contributed by atoms with Gasteiger partial charge >= 0.3 is 6.09 Å². The minimum absolute atomic E-state index is 0.163. The van der Waals surface area contributed by atoms with Crippen LogP contribution in [0.25, 0.3) is 5.69 Å². The Morgan fingerprint density at radius 3 is 2.62 bits per heavy atom. The number of ether oxygens (including phenoxy) is 1. The van der Waals surface area contributed by atoms with E-state index in [2.05, 4.69) is 4.98 Å². The number of imidazole rings is 1. The van der Waals surface area contributed by atoms with Gasteiger partial charge in [-0.05, 0) is 51.8 Å². The Morgan fingerprint density at radius 2 is 2.00 bits per heavy atom. The number of halogens is 2. The number of carbonyl (C=O) groups is 1. The van der Waals surface area contributed by atoms with Gasteiger partial charge in [-0.25, -0.2) is 14.2 Å². The fraction of sp³-hybridized carbons (Fsp3) is 0.474. The van der Waals surface area contributed by atoms with Gasteiger partial charge in [-0.3, -0.25) is 4.57 Å². The van der Waals surface area contributed by atoms with Crippen LogP contribution < -0.4 is 0 Å². The van der Waals surface area contributed by atoms with Crippen LogP contribution >= 0.6 is 11.6 Å². The topological polar surface area (TPSA) is 47.4 Å². The number of aromatic nitrogens is 2. The van der Waals surface area contributed by atoms with Crippen LogP contribution in [0.5, 0.6) is 0 Å². The molecule has 1 aromatic heterocycles. The summed E-state index contributed by atoms with van der Waals surface area (Å²) in [5.74, 6) is -0.157. The van der Waals surface area contributed by atoms with Crippen molar-refractivity contribution in [2.75, 3.05) is 13.1 Å². The Morgan fingerprint density at radius 1 is 1.31 bits per heavy atom. The lowest BCUT2D eigenvalue weighted by Gasteiger charge is -2.33. The molecule has 0 bridgehead atoms. The van der Waals surface area contributed by atoms with E-state index in [4.69, 9.17) is 16.3 Å². The molecule has 2 aromatic rings. The minimum Gasteiger partial charge on any atom is -0.444 e. The smallest absolute Gasteiger partial charge is 0.410 e. The molecule has 1 fully saturated rings. The van der Waals surface area contributed by atoms with Crippen molar-refractivity contribution in [2.45, 2.75) is 45.1 Å². The molecule has 0 aliphatic carbocycles. The van der Waals surface area contributed by atoms with E-state index in [9.17, 15) is 9.18 Å². The Hall–Kier alpha value is -2.08. The highest BCUT2D eigenvalue weighted by atomic mass is 35.5. The van der Waals surface area contributed by atoms with Gasteiger partial charge in [0.15, 0.2) is 0 Å². The molecule has 7 heteroatoms. The van der Waals surface area contributed by atoms with Crippen molar-refractivity contribution < 1.29 is 13.9 Å². The highest BCUT2D eigenvalue weighted by Crippen LogP contribution is 2.33. The molecule has 26 heavy (non-hydrogen) atoms. The number of carbonyl (C=O) groups excluding carboxylic acids is 1. The second kappa shape index (κ2) is 7.27. The van der Waals surface area contributed by atoms with Crippen molar-refractivity contribution in [3.8, 4) is 5.69 Å². The van der Waals surface area contributed by atoms with Crippen LogP contribution in [0, 0.1) is 5.82 Å². The molecule has 0 N–H and O–H groups in total. The average Bonchev–Trinajstić information content (AvgIpc) is 2.95. The molecule has 1 saturated heterocycles. The minimum atomic E-state index is -0.499. The van der Waals surface area contributed by atoms with Gasteiger partial charge in [0.1, 0.15) is 22.9 Å². The van der Waals surface area contributed by atoms with Crippen molar-refractivity contribution in [3.63, 3.8) is 0 Å². The van der Waals surface area contributed by atoms with Crippen LogP contribution in [0.3, 0.4) is 0 Å². The second-order valence-electron chi connectivity index (χ2n) is 7.51. The van der Waals surface area contributed by atoms with E-state index >= 15 is 0 Å². The summed E-state index contributed by atoms with van der Waals surface area (Å²) in [5.41, 5.74) is 0.931. The van der Waals surface area contributed by atoms with Gasteiger partial charge in [-0.2, -0.15) is 0 Å². The SMILES string of the molecule is CC(C)(C)OC(=O)N1CCC(c2ncn(-c3cccc(F)c3)c2Cl)CC1. The molecule has 2 heterocycles. The van der Waals surface area contributed by atoms with Crippen LogP contribution in [0.2, 0.25) is 5.15 Å². The molecule has 5 nitrogen and oxygen atoms in total. The molecule has 1 amide bonds. The quantitative estimate of drug-likeness (QED) is 0.754. The van der Waals surface area contributed by atoms with Crippen molar-refractivity contribution in [1.29, 1.82) is 0 Å². The molecule has 0 radical (unpaired) electrons. The summed E-state index contributed by atoms with van der Waals surface area (Å²) >= 11 is 6.50. The molecule has 1 aromatic carbocycles. The van der Waals surface area contributed by atoms with Gasteiger partial charge < -0.3 is 9.64 Å². The first-order valence-corrected chi connectivity index (χ1v) is 9.09. The molecule has 0 saturated carbocycles. The normalized spacial score (nSPS) is 16.0. The van der Waals surface area contributed by atoms with E-state index in [1.165, 1.54) is 12.1 Å². The summed E-state index contributed by atoms with van der Waals surface area (Å²) < 4.78 is 20.6. The number of rotatable bonds is 2. The number of hydrogen-bond donors (Lipinski definition) is 0. The molecule has 1 aliphatic heterocycles. The number of hydrogen-bond acceptors (Lipinski definition) is 3. The van der Waals surface area contributed by atoms with Gasteiger partial charge in [0.2, 0.25) is 0 Å². The van der Waals surface area contributed by atoms with Crippen LogP contribution in [0.1, 0.15) is 45.2 Å². The van der Waals surface area contributed by atoms with E-state index < -0.39 is 5.60 Å². The van der Waals surface area contributed by atoms with E-state index in [0.29, 0.717) is 23.9 Å². The molecule has 140 valence electrons. The third-order valence-electron chi connectivity index (χ3n) is 4.35. The Bertz CT molecular complexity index is 792. The highest BCUT2D eigenvalue weighted by Gasteiger charge is 2.29. The third kappa shape index (κ3) is 4.18. The molecule has 0 unspecified atom stereocenters. The van der Waals surface area contributed by atoms with E-state index in [-0.39, 0.29) is 17.8 Å². The summed E-state index contributed by atoms with van der Waals surface area (Å²) in [7, 11) is 0. The Labute approximate surface area is 157 Å². The molecule has 3 rings (SSSR count). The zero-order chi connectivity index (χ0) is 18.9. The van der Waals surface area contributed by atoms with Crippen LogP contribution in [0.15, 0.2) is 30.6 Å². The highest BCUT2D eigenvalue weighted by molar-refractivity contribution is 6.30. The maximum Gasteiger partial charge on any atom is 0.410 e. The van der Waals surface area contributed by atoms with Crippen molar-refractivity contribution in [3.05, 3.63) is 47.3 Å². The Balaban J connectivity index is 1.68. The summed E-state index contributed by atoms with van der Waals surface area (Å²) in [6, 6.07) is 6.23. The monoisotopic (exact) mass is 379 g/mol. The molecule has 1 aliphatic rings. The second-order valence-corrected chi connectivity index (χ2v) is 7.87. The van der Waals surface area contributed by atoms with Crippen molar-refractivity contribution in [1.82, 2.24) is 14.5 Å². The van der Waals surface area contributed by atoms with Gasteiger partial charge in [0, 0.05) is 19.0 Å². The maximum atomic E-state index is 13.5. The predicted molar refractivity (Wildman–Crippen MR) is 98.3 cm³/mol. The Kier molecular flexibility index (Phi) is 5.23. The van der Waals surface area contributed by atoms with Gasteiger partial charge in [-0.15, -0.1) is 0 Å². The van der Waals surface area contributed by atoms with Crippen LogP contribution in [-0.2, 0) is 4.74 Å². The predicted octanol–water partition coefficient (Wildman–Crippen LogP) is 4.78. The number of benzene rings is 1. The number of amides is 1. The molecule has 0 spiro atoms. The van der Waals surface area contributed by atoms with Gasteiger partial charge in [0.05, 0.1) is 11.4 Å². The van der Waals surface area contributed by atoms with Crippen molar-refractivity contribution >= 4 is 17.7 Å². The fourth-order valence-corrected chi connectivity index (χ4v) is 3.43. The lowest BCUT2D eigenvalue weighted by molar-refractivity contribution is 0.0204. The van der Waals surface area contributed by atoms with E-state index in [0.717, 1.165) is 18.5 Å². The first-order valence-electron chi connectivity index (χ1n) is 8.71. The van der Waals surface area contributed by atoms with E-state index in [1.807, 2.05) is 20.8 Å². The van der Waals surface area contributed by atoms with Crippen molar-refractivity contribution in [2.24, 2.45) is 0 Å². The van der Waals surface area contributed by atoms with Crippen LogP contribution in [-0.4, -0.2) is 39.2 Å². The van der Waals surface area contributed by atoms with Gasteiger partial charge in [0.25, 0.3) is 0 Å². The lowest BCUT2D eigenvalue weighted by atomic mass is 9.94. The summed E-state index contributed by atoms with van der Waals surface area (Å²) in [6.07, 6.45) is 2.86.